The van der Waals surface area contributed by atoms with Gasteiger partial charge in [-0.1, -0.05) is 24.3 Å². The number of fused-ring (bicyclic) bond motifs is 1. The summed E-state index contributed by atoms with van der Waals surface area (Å²) in [5.74, 6) is 6.33. The zero-order valence-electron chi connectivity index (χ0n) is 10.7. The van der Waals surface area contributed by atoms with E-state index >= 15 is 0 Å². The molecule has 0 spiro atoms. The van der Waals surface area contributed by atoms with Crippen molar-refractivity contribution in [1.29, 1.82) is 0 Å². The number of allylic oxidation sites excluding steroid dienone is 5. The molecular formula is C16H13NO3. The van der Waals surface area contributed by atoms with Gasteiger partial charge in [-0.25, -0.2) is 0 Å². The summed E-state index contributed by atoms with van der Waals surface area (Å²) in [6, 6.07) is 8.69. The van der Waals surface area contributed by atoms with Crippen LogP contribution < -0.4 is 11.3 Å². The summed E-state index contributed by atoms with van der Waals surface area (Å²) in [5, 5.41) is 0.580. The highest BCUT2D eigenvalue weighted by atomic mass is 16.6. The predicted molar refractivity (Wildman–Crippen MR) is 77.6 cm³/mol. The first-order valence-corrected chi connectivity index (χ1v) is 6.25. The largest absolute Gasteiger partial charge is 0.456 e. The van der Waals surface area contributed by atoms with Gasteiger partial charge in [0, 0.05) is 18.1 Å². The quantitative estimate of drug-likeness (QED) is 0.850. The summed E-state index contributed by atoms with van der Waals surface area (Å²) in [5.41, 5.74) is 1.33. The topological polar surface area (TPSA) is 65.5 Å². The Bertz CT molecular complexity index is 797. The van der Waals surface area contributed by atoms with Gasteiger partial charge in [-0.15, -0.1) is 0 Å². The van der Waals surface area contributed by atoms with E-state index in [1.807, 2.05) is 30.4 Å². The highest BCUT2D eigenvalue weighted by Crippen LogP contribution is 2.22. The van der Waals surface area contributed by atoms with Crippen molar-refractivity contribution in [2.24, 2.45) is 5.90 Å². The number of nitrogens with two attached hydrogens (primary N) is 1. The molecule has 1 aliphatic carbocycles. The van der Waals surface area contributed by atoms with Crippen molar-refractivity contribution in [2.45, 2.75) is 6.42 Å². The van der Waals surface area contributed by atoms with Crippen LogP contribution in [0.3, 0.4) is 0 Å². The number of hydrogen-bond acceptors (Lipinski definition) is 4. The van der Waals surface area contributed by atoms with Gasteiger partial charge in [0.05, 0.1) is 5.39 Å². The minimum Gasteiger partial charge on any atom is -0.456 e. The first-order valence-electron chi connectivity index (χ1n) is 6.25. The summed E-state index contributed by atoms with van der Waals surface area (Å²) in [4.78, 5) is 16.8. The van der Waals surface area contributed by atoms with Crippen molar-refractivity contribution in [1.82, 2.24) is 0 Å². The molecule has 0 atom stereocenters. The average molecular weight is 267 g/mol. The standard InChI is InChI=1S/C16H13NO3/c17-20-12-5-3-4-11(8-9-12)16-10-14(18)13-6-1-2-7-15(13)19-16/h1-4,6-10H,5,17H2. The Morgan fingerprint density at radius 1 is 1.20 bits per heavy atom. The van der Waals surface area contributed by atoms with Gasteiger partial charge in [0.15, 0.2) is 5.43 Å². The highest BCUT2D eigenvalue weighted by molar-refractivity contribution is 5.80. The van der Waals surface area contributed by atoms with E-state index in [4.69, 9.17) is 15.2 Å². The van der Waals surface area contributed by atoms with Crippen LogP contribution in [-0.2, 0) is 4.84 Å². The number of para-hydroxylation sites is 1. The van der Waals surface area contributed by atoms with Gasteiger partial charge in [-0.2, -0.15) is 5.90 Å². The Balaban J connectivity index is 2.13. The molecule has 1 aromatic carbocycles. The molecule has 2 N–H and O–H groups in total. The fraction of sp³-hybridized carbons (Fsp3) is 0.0625. The molecule has 0 aliphatic heterocycles. The molecule has 0 amide bonds. The summed E-state index contributed by atoms with van der Waals surface area (Å²) < 4.78 is 5.79. The van der Waals surface area contributed by atoms with E-state index in [9.17, 15) is 4.79 Å². The third-order valence-corrected chi connectivity index (χ3v) is 3.14. The Morgan fingerprint density at radius 3 is 2.90 bits per heavy atom. The van der Waals surface area contributed by atoms with E-state index in [2.05, 4.69) is 0 Å². The van der Waals surface area contributed by atoms with E-state index in [1.165, 1.54) is 6.07 Å². The molecule has 0 saturated heterocycles. The number of rotatable bonds is 2. The SMILES string of the molecule is NOC1=CC=C(c2cc(=O)c3ccccc3o2)C=CC1. The van der Waals surface area contributed by atoms with Crippen LogP contribution in [0.1, 0.15) is 12.2 Å². The fourth-order valence-corrected chi connectivity index (χ4v) is 2.11. The van der Waals surface area contributed by atoms with E-state index in [1.54, 1.807) is 18.2 Å². The molecule has 100 valence electrons. The lowest BCUT2D eigenvalue weighted by Gasteiger charge is -2.02. The summed E-state index contributed by atoms with van der Waals surface area (Å²) in [6.45, 7) is 0. The third kappa shape index (κ3) is 2.29. The zero-order valence-corrected chi connectivity index (χ0v) is 10.7. The number of hydrogen-bond donors (Lipinski definition) is 1. The molecule has 1 aromatic heterocycles. The highest BCUT2D eigenvalue weighted by Gasteiger charge is 2.08. The molecule has 0 saturated carbocycles. The summed E-state index contributed by atoms with van der Waals surface area (Å²) >= 11 is 0. The second kappa shape index (κ2) is 5.19. The molecule has 20 heavy (non-hydrogen) atoms. The van der Waals surface area contributed by atoms with Crippen LogP contribution in [0.5, 0.6) is 0 Å². The maximum absolute atomic E-state index is 12.1. The van der Waals surface area contributed by atoms with Gasteiger partial charge in [-0.3, -0.25) is 4.79 Å². The van der Waals surface area contributed by atoms with E-state index < -0.39 is 0 Å². The van der Waals surface area contributed by atoms with Crippen molar-refractivity contribution >= 4 is 16.5 Å². The van der Waals surface area contributed by atoms with Crippen molar-refractivity contribution in [3.63, 3.8) is 0 Å². The Kier molecular flexibility index (Phi) is 3.23. The molecule has 4 nitrogen and oxygen atoms in total. The molecule has 0 unspecified atom stereocenters. The second-order valence-electron chi connectivity index (χ2n) is 4.45. The molecule has 1 heterocycles. The summed E-state index contributed by atoms with van der Waals surface area (Å²) in [7, 11) is 0. The molecule has 4 heteroatoms. The van der Waals surface area contributed by atoms with Crippen LogP contribution in [0.4, 0.5) is 0 Å². The van der Waals surface area contributed by atoms with Crippen molar-refractivity contribution in [2.75, 3.05) is 0 Å². The molecule has 0 bridgehead atoms. The van der Waals surface area contributed by atoms with Crippen LogP contribution in [0.15, 0.2) is 69.6 Å². The van der Waals surface area contributed by atoms with Crippen LogP contribution >= 0.6 is 0 Å². The van der Waals surface area contributed by atoms with Gasteiger partial charge in [0.2, 0.25) is 0 Å². The minimum absolute atomic E-state index is 0.0559. The molecular weight excluding hydrogens is 254 g/mol. The average Bonchev–Trinajstić information content (AvgIpc) is 2.72. The molecule has 2 aromatic rings. The fourth-order valence-electron chi connectivity index (χ4n) is 2.11. The maximum atomic E-state index is 12.1. The third-order valence-electron chi connectivity index (χ3n) is 3.14. The smallest absolute Gasteiger partial charge is 0.193 e. The first kappa shape index (κ1) is 12.4. The molecule has 0 radical (unpaired) electrons. The van der Waals surface area contributed by atoms with Crippen molar-refractivity contribution in [3.8, 4) is 0 Å². The van der Waals surface area contributed by atoms with Crippen LogP contribution in [0.2, 0.25) is 0 Å². The lowest BCUT2D eigenvalue weighted by atomic mass is 10.1. The Labute approximate surface area is 115 Å². The van der Waals surface area contributed by atoms with Gasteiger partial charge in [0.1, 0.15) is 17.1 Å². The first-order chi connectivity index (χ1) is 9.78. The molecule has 3 rings (SSSR count). The normalized spacial score (nSPS) is 14.7. The second-order valence-corrected chi connectivity index (χ2v) is 4.45. The predicted octanol–water partition coefficient (Wildman–Crippen LogP) is 2.91. The van der Waals surface area contributed by atoms with Crippen LogP contribution in [-0.4, -0.2) is 0 Å². The van der Waals surface area contributed by atoms with Gasteiger partial charge in [0.25, 0.3) is 0 Å². The van der Waals surface area contributed by atoms with E-state index in [-0.39, 0.29) is 5.43 Å². The van der Waals surface area contributed by atoms with E-state index in [0.29, 0.717) is 28.9 Å². The van der Waals surface area contributed by atoms with Crippen LogP contribution in [0.25, 0.3) is 16.5 Å². The molecule has 0 fully saturated rings. The summed E-state index contributed by atoms with van der Waals surface area (Å²) in [6.07, 6.45) is 7.99. The number of benzene rings is 1. The zero-order chi connectivity index (χ0) is 13.9. The van der Waals surface area contributed by atoms with Crippen molar-refractivity contribution in [3.05, 3.63) is 76.4 Å². The van der Waals surface area contributed by atoms with Gasteiger partial charge >= 0.3 is 0 Å². The lowest BCUT2D eigenvalue weighted by Crippen LogP contribution is -2.01. The van der Waals surface area contributed by atoms with Gasteiger partial charge in [-0.05, 0) is 24.3 Å². The molecule has 1 aliphatic rings. The monoisotopic (exact) mass is 267 g/mol. The van der Waals surface area contributed by atoms with Crippen molar-refractivity contribution < 1.29 is 9.25 Å². The van der Waals surface area contributed by atoms with Crippen LogP contribution in [0, 0.1) is 0 Å². The maximum Gasteiger partial charge on any atom is 0.193 e. The minimum atomic E-state index is -0.0559. The Hall–Kier alpha value is -2.59. The van der Waals surface area contributed by atoms with Gasteiger partial charge < -0.3 is 9.25 Å². The lowest BCUT2D eigenvalue weighted by molar-refractivity contribution is 0.216. The van der Waals surface area contributed by atoms with E-state index in [0.717, 1.165) is 5.57 Å². The Morgan fingerprint density at radius 2 is 2.05 bits per heavy atom.